The van der Waals surface area contributed by atoms with Crippen molar-refractivity contribution >= 4 is 22.9 Å². The Morgan fingerprint density at radius 3 is 2.89 bits per heavy atom. The fourth-order valence-electron chi connectivity index (χ4n) is 1.59. The highest BCUT2D eigenvalue weighted by Gasteiger charge is 2.18. The van der Waals surface area contributed by atoms with E-state index in [1.807, 2.05) is 18.5 Å². The number of aryl methyl sites for hydroxylation is 1. The lowest BCUT2D eigenvalue weighted by Crippen LogP contribution is -2.15. The molecule has 0 aliphatic carbocycles. The molecule has 0 radical (unpaired) electrons. The van der Waals surface area contributed by atoms with Crippen LogP contribution in [0.2, 0.25) is 0 Å². The number of nitrogens with zero attached hydrogens (tertiary/aromatic N) is 3. The lowest BCUT2D eigenvalue weighted by Gasteiger charge is -1.98. The molecular weight excluding hydrogens is 266 g/mol. The minimum Gasteiger partial charge on any atom is -0.324 e. The Kier molecular flexibility index (Phi) is 3.86. The summed E-state index contributed by atoms with van der Waals surface area (Å²) in [5.74, 6) is -0.600. The van der Waals surface area contributed by atoms with Crippen LogP contribution in [0.25, 0.3) is 0 Å². The minimum atomic E-state index is -0.600. The molecule has 0 atom stereocenters. The molecule has 0 unspecified atom stereocenters. The van der Waals surface area contributed by atoms with Gasteiger partial charge in [-0.2, -0.15) is 4.99 Å². The van der Waals surface area contributed by atoms with E-state index in [9.17, 15) is 14.9 Å². The lowest BCUT2D eigenvalue weighted by atomic mass is 10.2. The summed E-state index contributed by atoms with van der Waals surface area (Å²) in [6.07, 6.45) is 1.82. The van der Waals surface area contributed by atoms with Gasteiger partial charge in [-0.05, 0) is 13.0 Å². The van der Waals surface area contributed by atoms with Crippen molar-refractivity contribution in [2.24, 2.45) is 4.99 Å². The van der Waals surface area contributed by atoms with Gasteiger partial charge in [0.1, 0.15) is 5.56 Å². The maximum Gasteiger partial charge on any atom is 0.286 e. The highest BCUT2D eigenvalue weighted by molar-refractivity contribution is 7.07. The molecule has 0 aliphatic rings. The second kappa shape index (κ2) is 5.57. The summed E-state index contributed by atoms with van der Waals surface area (Å²) < 4.78 is 1.80. The number of thiazole rings is 1. The molecule has 2 rings (SSSR count). The number of hydrogen-bond acceptors (Lipinski definition) is 4. The monoisotopic (exact) mass is 277 g/mol. The zero-order valence-corrected chi connectivity index (χ0v) is 11.0. The largest absolute Gasteiger partial charge is 0.324 e. The van der Waals surface area contributed by atoms with E-state index in [0.717, 1.165) is 0 Å². The predicted molar refractivity (Wildman–Crippen MR) is 71.0 cm³/mol. The van der Waals surface area contributed by atoms with Crippen LogP contribution in [0.4, 0.5) is 5.69 Å². The van der Waals surface area contributed by atoms with E-state index in [-0.39, 0.29) is 11.3 Å². The third-order valence-electron chi connectivity index (χ3n) is 2.53. The summed E-state index contributed by atoms with van der Waals surface area (Å²) >= 11 is 1.32. The Hall–Kier alpha value is -2.28. The number of amides is 1. The first-order valence-electron chi connectivity index (χ1n) is 5.60. The number of aromatic nitrogens is 1. The van der Waals surface area contributed by atoms with Gasteiger partial charge in [-0.15, -0.1) is 11.3 Å². The zero-order valence-electron chi connectivity index (χ0n) is 10.1. The van der Waals surface area contributed by atoms with Crippen molar-refractivity contribution in [3.8, 4) is 0 Å². The lowest BCUT2D eigenvalue weighted by molar-refractivity contribution is -0.385. The summed E-state index contributed by atoms with van der Waals surface area (Å²) in [5, 5.41) is 12.7. The Morgan fingerprint density at radius 1 is 1.47 bits per heavy atom. The van der Waals surface area contributed by atoms with Crippen molar-refractivity contribution in [3.05, 3.63) is 56.3 Å². The molecule has 6 nitrogen and oxygen atoms in total. The molecule has 1 heterocycles. The summed E-state index contributed by atoms with van der Waals surface area (Å²) in [4.78, 5) is 26.8. The van der Waals surface area contributed by atoms with Crippen LogP contribution in [0.15, 0.2) is 40.8 Å². The Bertz CT molecular complexity index is 687. The Labute approximate surface area is 112 Å². The first-order valence-corrected chi connectivity index (χ1v) is 6.48. The van der Waals surface area contributed by atoms with Crippen LogP contribution < -0.4 is 4.80 Å². The molecule has 0 saturated carbocycles. The number of carbonyl (C=O) groups is 1. The second-order valence-electron chi connectivity index (χ2n) is 3.66. The van der Waals surface area contributed by atoms with Crippen LogP contribution in [0.3, 0.4) is 0 Å². The molecular formula is C12H11N3O3S. The number of para-hydroxylation sites is 1. The third-order valence-corrected chi connectivity index (χ3v) is 3.32. The topological polar surface area (TPSA) is 77.5 Å². The zero-order chi connectivity index (χ0) is 13.8. The second-order valence-corrected chi connectivity index (χ2v) is 4.54. The average molecular weight is 277 g/mol. The number of carbonyl (C=O) groups excluding carboxylic acids is 1. The average Bonchev–Trinajstić information content (AvgIpc) is 2.85. The summed E-state index contributed by atoms with van der Waals surface area (Å²) in [6.45, 7) is 2.62. The van der Waals surface area contributed by atoms with Crippen molar-refractivity contribution in [1.29, 1.82) is 0 Å². The summed E-state index contributed by atoms with van der Waals surface area (Å²) in [7, 11) is 0. The molecule has 2 aromatic rings. The van der Waals surface area contributed by atoms with E-state index in [1.165, 1.54) is 29.5 Å². The van der Waals surface area contributed by atoms with Crippen LogP contribution in [0.5, 0.6) is 0 Å². The van der Waals surface area contributed by atoms with Gasteiger partial charge in [0, 0.05) is 24.2 Å². The summed E-state index contributed by atoms with van der Waals surface area (Å²) in [6, 6.07) is 5.81. The molecule has 0 spiro atoms. The van der Waals surface area contributed by atoms with Crippen molar-refractivity contribution in [2.75, 3.05) is 0 Å². The predicted octanol–water partition coefficient (Wildman–Crippen LogP) is 2.22. The number of benzene rings is 1. The van der Waals surface area contributed by atoms with Crippen LogP contribution >= 0.6 is 11.3 Å². The van der Waals surface area contributed by atoms with Crippen molar-refractivity contribution in [2.45, 2.75) is 13.5 Å². The first kappa shape index (κ1) is 13.2. The van der Waals surface area contributed by atoms with E-state index in [0.29, 0.717) is 11.3 Å². The van der Waals surface area contributed by atoms with Gasteiger partial charge in [-0.3, -0.25) is 14.9 Å². The molecule has 0 fully saturated rings. The SMILES string of the molecule is CCn1ccsc1=NC(=O)c1ccccc1[N+](=O)[O-]. The smallest absolute Gasteiger partial charge is 0.286 e. The van der Waals surface area contributed by atoms with Gasteiger partial charge in [0.2, 0.25) is 0 Å². The van der Waals surface area contributed by atoms with Crippen molar-refractivity contribution < 1.29 is 9.72 Å². The van der Waals surface area contributed by atoms with Crippen LogP contribution in [0, 0.1) is 10.1 Å². The van der Waals surface area contributed by atoms with Crippen molar-refractivity contribution in [3.63, 3.8) is 0 Å². The molecule has 19 heavy (non-hydrogen) atoms. The number of nitro benzene ring substituents is 1. The molecule has 98 valence electrons. The van der Waals surface area contributed by atoms with Gasteiger partial charge in [-0.25, -0.2) is 0 Å². The van der Waals surface area contributed by atoms with Crippen molar-refractivity contribution in [1.82, 2.24) is 4.57 Å². The molecule has 0 bridgehead atoms. The van der Waals surface area contributed by atoms with Crippen LogP contribution in [0.1, 0.15) is 17.3 Å². The van der Waals surface area contributed by atoms with E-state index in [4.69, 9.17) is 0 Å². The van der Waals surface area contributed by atoms with Crippen LogP contribution in [-0.4, -0.2) is 15.4 Å². The van der Waals surface area contributed by atoms with Gasteiger partial charge in [-0.1, -0.05) is 12.1 Å². The highest BCUT2D eigenvalue weighted by atomic mass is 32.1. The van der Waals surface area contributed by atoms with E-state index < -0.39 is 10.8 Å². The van der Waals surface area contributed by atoms with Gasteiger partial charge in [0.25, 0.3) is 11.6 Å². The van der Waals surface area contributed by atoms with Crippen LogP contribution in [-0.2, 0) is 6.54 Å². The maximum absolute atomic E-state index is 12.0. The molecule has 0 N–H and O–H groups in total. The first-order chi connectivity index (χ1) is 9.13. The van der Waals surface area contributed by atoms with E-state index in [1.54, 1.807) is 10.6 Å². The number of rotatable bonds is 3. The molecule has 1 aromatic heterocycles. The standard InChI is InChI=1S/C12H11N3O3S/c1-2-14-7-8-19-12(14)13-11(16)9-5-3-4-6-10(9)15(17)18/h3-8H,2H2,1H3. The molecule has 7 heteroatoms. The Balaban J connectivity index is 2.47. The summed E-state index contributed by atoms with van der Waals surface area (Å²) in [5.41, 5.74) is -0.223. The fraction of sp³-hybridized carbons (Fsp3) is 0.167. The third kappa shape index (κ3) is 2.76. The maximum atomic E-state index is 12.0. The van der Waals surface area contributed by atoms with Gasteiger partial charge < -0.3 is 4.57 Å². The molecule has 0 aliphatic heterocycles. The van der Waals surface area contributed by atoms with Gasteiger partial charge in [0.15, 0.2) is 4.80 Å². The quantitative estimate of drug-likeness (QED) is 0.637. The molecule has 1 aromatic carbocycles. The van der Waals surface area contributed by atoms with Gasteiger partial charge in [0.05, 0.1) is 4.92 Å². The Morgan fingerprint density at radius 2 is 2.21 bits per heavy atom. The van der Waals surface area contributed by atoms with Gasteiger partial charge >= 0.3 is 0 Å². The molecule has 0 saturated heterocycles. The number of hydrogen-bond donors (Lipinski definition) is 0. The fourth-order valence-corrected chi connectivity index (χ4v) is 2.38. The minimum absolute atomic E-state index is 0.00329. The van der Waals surface area contributed by atoms with E-state index >= 15 is 0 Å². The van der Waals surface area contributed by atoms with E-state index in [2.05, 4.69) is 4.99 Å². The highest BCUT2D eigenvalue weighted by Crippen LogP contribution is 2.18. The molecule has 1 amide bonds. The number of nitro groups is 1. The normalized spacial score (nSPS) is 11.5.